The summed E-state index contributed by atoms with van der Waals surface area (Å²) in [6, 6.07) is 0. The van der Waals surface area contributed by atoms with E-state index in [1.807, 2.05) is 0 Å². The predicted molar refractivity (Wildman–Crippen MR) is 37.7 cm³/mol. The van der Waals surface area contributed by atoms with Crippen LogP contribution in [0.25, 0.3) is 0 Å². The van der Waals surface area contributed by atoms with E-state index in [1.54, 1.807) is 22.9 Å². The first-order valence-corrected chi connectivity index (χ1v) is 3.49. The third kappa shape index (κ3) is 1.21. The second-order valence-corrected chi connectivity index (χ2v) is 2.66. The van der Waals surface area contributed by atoms with Crippen LogP contribution in [0, 0.1) is 0 Å². The van der Waals surface area contributed by atoms with Crippen molar-refractivity contribution < 1.29 is 4.55 Å². The van der Waals surface area contributed by atoms with Crippen molar-refractivity contribution in [2.45, 2.75) is 0 Å². The fourth-order valence-electron chi connectivity index (χ4n) is 0.449. The van der Waals surface area contributed by atoms with Crippen LogP contribution in [0.15, 0.2) is 23.3 Å². The smallest absolute Gasteiger partial charge is 0.0395 e. The summed E-state index contributed by atoms with van der Waals surface area (Å²) in [5.74, 6) is 0. The minimum Gasteiger partial charge on any atom is -0.398 e. The molecule has 0 aromatic heterocycles. The van der Waals surface area contributed by atoms with Gasteiger partial charge in [-0.25, -0.2) is 0 Å². The van der Waals surface area contributed by atoms with Crippen LogP contribution < -0.4 is 5.73 Å². The van der Waals surface area contributed by atoms with Crippen molar-refractivity contribution in [3.05, 3.63) is 23.3 Å². The lowest BCUT2D eigenvalue weighted by molar-refractivity contribution is 0.668. The molecule has 0 bridgehead atoms. The molecule has 1 atom stereocenters. The molecule has 0 spiro atoms. The minimum absolute atomic E-state index is 0.637. The molecule has 0 aliphatic carbocycles. The maximum Gasteiger partial charge on any atom is 0.0395 e. The molecule has 8 heavy (non-hydrogen) atoms. The molecule has 0 amide bonds. The zero-order valence-electron chi connectivity index (χ0n) is 4.24. The number of allylic oxidation sites excluding steroid dienone is 3. The highest BCUT2D eigenvalue weighted by molar-refractivity contribution is 8.12. The maximum atomic E-state index is 8.84. The van der Waals surface area contributed by atoms with E-state index >= 15 is 0 Å². The third-order valence-corrected chi connectivity index (χ3v) is 1.71. The van der Waals surface area contributed by atoms with E-state index in [0.29, 0.717) is 5.70 Å². The van der Waals surface area contributed by atoms with Crippen molar-refractivity contribution in [3.8, 4) is 0 Å². The van der Waals surface area contributed by atoms with Gasteiger partial charge in [0.1, 0.15) is 0 Å². The number of nitrogens with two attached hydrogens (primary N) is 1. The van der Waals surface area contributed by atoms with Gasteiger partial charge in [-0.1, -0.05) is 6.08 Å². The first kappa shape index (κ1) is 5.59. The second-order valence-electron chi connectivity index (χ2n) is 1.46. The van der Waals surface area contributed by atoms with Gasteiger partial charge in [0.2, 0.25) is 0 Å². The molecule has 1 aliphatic heterocycles. The van der Waals surface area contributed by atoms with Crippen LogP contribution in [-0.4, -0.2) is 9.92 Å². The Hall–Kier alpha value is -0.540. The Kier molecular flexibility index (Phi) is 1.50. The minimum atomic E-state index is -0.719. The monoisotopic (exact) mass is 129 g/mol. The lowest BCUT2D eigenvalue weighted by atomic mass is 10.4. The number of rotatable bonds is 0. The van der Waals surface area contributed by atoms with Gasteiger partial charge in [-0.3, -0.25) is 0 Å². The van der Waals surface area contributed by atoms with Gasteiger partial charge in [0.15, 0.2) is 0 Å². The van der Waals surface area contributed by atoms with E-state index in [0.717, 1.165) is 0 Å². The third-order valence-electron chi connectivity index (χ3n) is 0.763. The molecule has 2 nitrogen and oxygen atoms in total. The summed E-state index contributed by atoms with van der Waals surface area (Å²) in [6.45, 7) is 0. The Labute approximate surface area is 50.5 Å². The number of hydrogen-bond acceptors (Lipinski definition) is 2. The van der Waals surface area contributed by atoms with Crippen LogP contribution in [0.4, 0.5) is 0 Å². The van der Waals surface area contributed by atoms with Gasteiger partial charge in [-0.2, -0.15) is 0 Å². The van der Waals surface area contributed by atoms with Crippen molar-refractivity contribution >= 4 is 16.1 Å². The summed E-state index contributed by atoms with van der Waals surface area (Å²) in [5, 5.41) is 3.30. The zero-order valence-corrected chi connectivity index (χ0v) is 5.06. The molecule has 0 saturated heterocycles. The first-order valence-electron chi connectivity index (χ1n) is 2.19. The molecular formula is C5H7NOS. The van der Waals surface area contributed by atoms with Crippen molar-refractivity contribution in [1.29, 1.82) is 0 Å². The Bertz CT molecular complexity index is 178. The molecule has 0 aromatic carbocycles. The van der Waals surface area contributed by atoms with Gasteiger partial charge in [0, 0.05) is 11.1 Å². The van der Waals surface area contributed by atoms with E-state index in [9.17, 15) is 0 Å². The molecule has 44 valence electrons. The summed E-state index contributed by atoms with van der Waals surface area (Å²) >= 11 is 0. The van der Waals surface area contributed by atoms with E-state index in [4.69, 9.17) is 10.3 Å². The van der Waals surface area contributed by atoms with Gasteiger partial charge in [-0.05, 0) is 22.2 Å². The molecule has 0 saturated carbocycles. The normalized spacial score (nSPS) is 26.6. The van der Waals surface area contributed by atoms with Gasteiger partial charge in [0.25, 0.3) is 0 Å². The van der Waals surface area contributed by atoms with Crippen LogP contribution in [0.1, 0.15) is 0 Å². The van der Waals surface area contributed by atoms with E-state index < -0.39 is 10.8 Å². The predicted octanol–water partition coefficient (Wildman–Crippen LogP) is 0.900. The van der Waals surface area contributed by atoms with Crippen molar-refractivity contribution in [1.82, 2.24) is 0 Å². The summed E-state index contributed by atoms with van der Waals surface area (Å²) < 4.78 is 8.84. The lowest BCUT2D eigenvalue weighted by Crippen LogP contribution is -1.98. The highest BCUT2D eigenvalue weighted by atomic mass is 32.2. The summed E-state index contributed by atoms with van der Waals surface area (Å²) in [5.41, 5.74) is 5.96. The molecule has 0 radical (unpaired) electrons. The van der Waals surface area contributed by atoms with E-state index in [2.05, 4.69) is 0 Å². The highest BCUT2D eigenvalue weighted by Gasteiger charge is 1.88. The van der Waals surface area contributed by atoms with Crippen LogP contribution in [0.3, 0.4) is 0 Å². The van der Waals surface area contributed by atoms with Gasteiger partial charge >= 0.3 is 0 Å². The standard InChI is InChI=1S/C5H7NOS/c6-5-2-1-3-8(7)4-5/h1-4,7H,6H2. The average Bonchev–Trinajstić information content (AvgIpc) is 1.64. The van der Waals surface area contributed by atoms with Gasteiger partial charge in [-0.15, -0.1) is 0 Å². The molecule has 1 rings (SSSR count). The fraction of sp³-hybridized carbons (Fsp3) is 0. The molecular weight excluding hydrogens is 122 g/mol. The topological polar surface area (TPSA) is 46.2 Å². The van der Waals surface area contributed by atoms with Gasteiger partial charge < -0.3 is 10.3 Å². The van der Waals surface area contributed by atoms with Crippen molar-refractivity contribution in [2.75, 3.05) is 0 Å². The summed E-state index contributed by atoms with van der Waals surface area (Å²) in [7, 11) is -0.719. The first-order chi connectivity index (χ1) is 3.79. The molecule has 3 heteroatoms. The Morgan fingerprint density at radius 3 is 2.75 bits per heavy atom. The summed E-state index contributed by atoms with van der Waals surface area (Å²) in [4.78, 5) is 0. The fourth-order valence-corrected chi connectivity index (χ4v) is 1.12. The van der Waals surface area contributed by atoms with Crippen molar-refractivity contribution in [2.24, 2.45) is 5.73 Å². The van der Waals surface area contributed by atoms with E-state index in [-0.39, 0.29) is 0 Å². The molecule has 1 unspecified atom stereocenters. The molecule has 3 N–H and O–H groups in total. The van der Waals surface area contributed by atoms with Gasteiger partial charge in [0.05, 0.1) is 0 Å². The SMILES string of the molecule is NC1=CC=CS(O)=C1. The average molecular weight is 129 g/mol. The van der Waals surface area contributed by atoms with Crippen LogP contribution >= 0.6 is 10.8 Å². The van der Waals surface area contributed by atoms with Crippen molar-refractivity contribution in [3.63, 3.8) is 0 Å². The Balaban J connectivity index is 2.89. The zero-order chi connectivity index (χ0) is 5.98. The lowest BCUT2D eigenvalue weighted by Gasteiger charge is -1.97. The number of hydrogen-bond donors (Lipinski definition) is 2. The highest BCUT2D eigenvalue weighted by Crippen LogP contribution is 2.11. The quantitative estimate of drug-likeness (QED) is 0.477. The van der Waals surface area contributed by atoms with Crippen LogP contribution in [0.2, 0.25) is 0 Å². The Morgan fingerprint density at radius 2 is 2.38 bits per heavy atom. The molecule has 0 aromatic rings. The second kappa shape index (κ2) is 2.15. The van der Waals surface area contributed by atoms with E-state index in [1.165, 1.54) is 0 Å². The Morgan fingerprint density at radius 1 is 1.62 bits per heavy atom. The maximum absolute atomic E-state index is 8.84. The van der Waals surface area contributed by atoms with Crippen LogP contribution in [0.5, 0.6) is 0 Å². The summed E-state index contributed by atoms with van der Waals surface area (Å²) in [6.07, 6.45) is 3.50. The van der Waals surface area contributed by atoms with Crippen LogP contribution in [-0.2, 0) is 0 Å². The molecule has 0 fully saturated rings. The molecule has 1 heterocycles. The largest absolute Gasteiger partial charge is 0.398 e. The molecule has 1 aliphatic rings.